The Morgan fingerprint density at radius 2 is 2.23 bits per heavy atom. The highest BCUT2D eigenvalue weighted by Crippen LogP contribution is 2.21. The van der Waals surface area contributed by atoms with E-state index in [9.17, 15) is 4.79 Å². The number of benzene rings is 1. The van der Waals surface area contributed by atoms with E-state index in [4.69, 9.17) is 11.0 Å². The van der Waals surface area contributed by atoms with E-state index in [2.05, 4.69) is 0 Å². The number of hydrogen-bond acceptors (Lipinski definition) is 3. The first-order valence-corrected chi connectivity index (χ1v) is 4.64. The van der Waals surface area contributed by atoms with Gasteiger partial charge in [0.15, 0.2) is 5.78 Å². The highest BCUT2D eigenvalue weighted by atomic mass is 127. The fraction of sp³-hybridized carbons (Fsp3) is 0.111. The molecule has 0 saturated heterocycles. The number of nitrogens with two attached hydrogens (primary N) is 1. The van der Waals surface area contributed by atoms with E-state index in [-0.39, 0.29) is 5.78 Å². The first-order chi connectivity index (χ1) is 6.06. The van der Waals surface area contributed by atoms with Gasteiger partial charge in [-0.25, -0.2) is 0 Å². The van der Waals surface area contributed by atoms with Gasteiger partial charge in [-0.05, 0) is 41.6 Å². The lowest BCUT2D eigenvalue weighted by Crippen LogP contribution is -1.99. The molecule has 0 aromatic heterocycles. The molecular weight excluding hydrogens is 279 g/mol. The Balaban J connectivity index is 3.41. The Morgan fingerprint density at radius 1 is 1.62 bits per heavy atom. The monoisotopic (exact) mass is 286 g/mol. The number of hydrogen-bond donors (Lipinski definition) is 1. The third-order valence-electron chi connectivity index (χ3n) is 1.63. The van der Waals surface area contributed by atoms with Crippen molar-refractivity contribution in [1.29, 1.82) is 5.26 Å². The van der Waals surface area contributed by atoms with Crippen molar-refractivity contribution in [3.63, 3.8) is 0 Å². The SMILES string of the molecule is CC(=O)c1cc(N)c(I)c(C#N)c1. The van der Waals surface area contributed by atoms with Crippen molar-refractivity contribution in [2.24, 2.45) is 0 Å². The van der Waals surface area contributed by atoms with Crippen LogP contribution in [0, 0.1) is 14.9 Å². The van der Waals surface area contributed by atoms with Crippen LogP contribution < -0.4 is 5.73 Å². The Hall–Kier alpha value is -1.09. The maximum absolute atomic E-state index is 11.0. The molecule has 1 aromatic rings. The second-order valence-corrected chi connectivity index (χ2v) is 3.67. The fourth-order valence-electron chi connectivity index (χ4n) is 0.932. The summed E-state index contributed by atoms with van der Waals surface area (Å²) in [4.78, 5) is 11.0. The number of Topliss-reactive ketones (excluding diaryl/α,β-unsaturated/α-hetero) is 1. The normalized spacial score (nSPS) is 9.31. The Bertz CT molecular complexity index is 407. The molecule has 1 aromatic carbocycles. The highest BCUT2D eigenvalue weighted by molar-refractivity contribution is 14.1. The number of carbonyl (C=O) groups is 1. The van der Waals surface area contributed by atoms with Crippen LogP contribution in [0.2, 0.25) is 0 Å². The van der Waals surface area contributed by atoms with Crippen molar-refractivity contribution in [3.05, 3.63) is 26.8 Å². The maximum atomic E-state index is 11.0. The number of carbonyl (C=O) groups excluding carboxylic acids is 1. The molecule has 66 valence electrons. The van der Waals surface area contributed by atoms with Gasteiger partial charge < -0.3 is 5.73 Å². The van der Waals surface area contributed by atoms with Crippen LogP contribution in [0.1, 0.15) is 22.8 Å². The summed E-state index contributed by atoms with van der Waals surface area (Å²) in [5, 5.41) is 8.73. The summed E-state index contributed by atoms with van der Waals surface area (Å²) < 4.78 is 0.699. The van der Waals surface area contributed by atoms with Crippen LogP contribution >= 0.6 is 22.6 Å². The second kappa shape index (κ2) is 3.75. The van der Waals surface area contributed by atoms with Crippen LogP contribution in [0.5, 0.6) is 0 Å². The van der Waals surface area contributed by atoms with Crippen LogP contribution in [0.15, 0.2) is 12.1 Å². The zero-order valence-corrected chi connectivity index (χ0v) is 9.12. The number of halogens is 1. The molecule has 0 atom stereocenters. The van der Waals surface area contributed by atoms with Crippen molar-refractivity contribution in [2.45, 2.75) is 6.92 Å². The van der Waals surface area contributed by atoms with Gasteiger partial charge in [-0.15, -0.1) is 0 Å². The summed E-state index contributed by atoms with van der Waals surface area (Å²) in [7, 11) is 0. The molecule has 0 saturated carbocycles. The standard InChI is InChI=1S/C9H7IN2O/c1-5(13)6-2-7(4-11)9(10)8(12)3-6/h2-3H,12H2,1H3. The first-order valence-electron chi connectivity index (χ1n) is 3.56. The number of ketones is 1. The van der Waals surface area contributed by atoms with E-state index in [1.807, 2.05) is 28.7 Å². The smallest absolute Gasteiger partial charge is 0.159 e. The number of nitrogen functional groups attached to an aromatic ring is 1. The molecular formula is C9H7IN2O. The van der Waals surface area contributed by atoms with Gasteiger partial charge in [0, 0.05) is 11.3 Å². The molecule has 0 bridgehead atoms. The van der Waals surface area contributed by atoms with Gasteiger partial charge in [-0.2, -0.15) is 5.26 Å². The van der Waals surface area contributed by atoms with E-state index in [1.165, 1.54) is 6.92 Å². The molecule has 13 heavy (non-hydrogen) atoms. The summed E-state index contributed by atoms with van der Waals surface area (Å²) in [6.45, 7) is 1.45. The third-order valence-corrected chi connectivity index (χ3v) is 2.83. The van der Waals surface area contributed by atoms with Gasteiger partial charge in [0.2, 0.25) is 0 Å². The molecule has 3 nitrogen and oxygen atoms in total. The van der Waals surface area contributed by atoms with E-state index in [1.54, 1.807) is 12.1 Å². The molecule has 0 heterocycles. The molecule has 1 rings (SSSR count). The van der Waals surface area contributed by atoms with Crippen molar-refractivity contribution in [1.82, 2.24) is 0 Å². The van der Waals surface area contributed by atoms with Gasteiger partial charge in [0.25, 0.3) is 0 Å². The van der Waals surface area contributed by atoms with E-state index < -0.39 is 0 Å². The molecule has 0 aliphatic carbocycles. The van der Waals surface area contributed by atoms with Crippen LogP contribution in [0.3, 0.4) is 0 Å². The zero-order chi connectivity index (χ0) is 10.0. The van der Waals surface area contributed by atoms with Crippen molar-refractivity contribution >= 4 is 34.1 Å². The van der Waals surface area contributed by atoms with Gasteiger partial charge in [0.1, 0.15) is 6.07 Å². The second-order valence-electron chi connectivity index (χ2n) is 2.60. The van der Waals surface area contributed by atoms with E-state index in [0.717, 1.165) is 0 Å². The molecule has 0 radical (unpaired) electrons. The molecule has 0 aliphatic rings. The Kier molecular flexibility index (Phi) is 2.88. The summed E-state index contributed by atoms with van der Waals surface area (Å²) >= 11 is 1.99. The predicted octanol–water partition coefficient (Wildman–Crippen LogP) is 1.95. The lowest BCUT2D eigenvalue weighted by Gasteiger charge is -2.02. The zero-order valence-electron chi connectivity index (χ0n) is 6.97. The number of anilines is 1. The van der Waals surface area contributed by atoms with Gasteiger partial charge in [-0.1, -0.05) is 0 Å². The summed E-state index contributed by atoms with van der Waals surface area (Å²) in [6, 6.07) is 5.14. The topological polar surface area (TPSA) is 66.9 Å². The summed E-state index contributed by atoms with van der Waals surface area (Å²) in [6.07, 6.45) is 0. The van der Waals surface area contributed by atoms with E-state index in [0.29, 0.717) is 20.4 Å². The minimum absolute atomic E-state index is 0.0837. The molecule has 0 fully saturated rings. The molecule has 2 N–H and O–H groups in total. The lowest BCUT2D eigenvalue weighted by molar-refractivity contribution is 0.101. The molecule has 0 spiro atoms. The molecule has 4 heteroatoms. The average molecular weight is 286 g/mol. The molecule has 0 amide bonds. The fourth-order valence-corrected chi connectivity index (χ4v) is 1.36. The van der Waals surface area contributed by atoms with Crippen LogP contribution in [-0.4, -0.2) is 5.78 Å². The van der Waals surface area contributed by atoms with Crippen molar-refractivity contribution in [3.8, 4) is 6.07 Å². The van der Waals surface area contributed by atoms with Crippen molar-refractivity contribution in [2.75, 3.05) is 5.73 Å². The molecule has 0 aliphatic heterocycles. The van der Waals surface area contributed by atoms with Gasteiger partial charge in [-0.3, -0.25) is 4.79 Å². The minimum atomic E-state index is -0.0837. The Morgan fingerprint density at radius 3 is 2.69 bits per heavy atom. The van der Waals surface area contributed by atoms with E-state index >= 15 is 0 Å². The predicted molar refractivity (Wildman–Crippen MR) is 58.3 cm³/mol. The highest BCUT2D eigenvalue weighted by Gasteiger charge is 2.08. The largest absolute Gasteiger partial charge is 0.398 e. The van der Waals surface area contributed by atoms with Crippen LogP contribution in [0.4, 0.5) is 5.69 Å². The minimum Gasteiger partial charge on any atom is -0.398 e. The Labute approximate surface area is 89.7 Å². The van der Waals surface area contributed by atoms with Crippen molar-refractivity contribution < 1.29 is 4.79 Å². The average Bonchev–Trinajstić information content (AvgIpc) is 2.09. The number of nitriles is 1. The quantitative estimate of drug-likeness (QED) is 0.487. The van der Waals surface area contributed by atoms with Gasteiger partial charge in [0.05, 0.1) is 9.13 Å². The summed E-state index contributed by atoms with van der Waals surface area (Å²) in [5.41, 5.74) is 7.03. The number of rotatable bonds is 1. The van der Waals surface area contributed by atoms with Crippen LogP contribution in [-0.2, 0) is 0 Å². The first kappa shape index (κ1) is 9.99. The number of nitrogens with zero attached hydrogens (tertiary/aromatic N) is 1. The lowest BCUT2D eigenvalue weighted by atomic mass is 10.1. The van der Waals surface area contributed by atoms with Crippen LogP contribution in [0.25, 0.3) is 0 Å². The summed E-state index contributed by atoms with van der Waals surface area (Å²) in [5.74, 6) is -0.0837. The molecule has 0 unspecified atom stereocenters. The third kappa shape index (κ3) is 1.98. The maximum Gasteiger partial charge on any atom is 0.159 e. The van der Waals surface area contributed by atoms with Gasteiger partial charge >= 0.3 is 0 Å².